The van der Waals surface area contributed by atoms with Gasteiger partial charge in [-0.3, -0.25) is 9.97 Å². The van der Waals surface area contributed by atoms with Crippen molar-refractivity contribution in [3.63, 3.8) is 0 Å². The van der Waals surface area contributed by atoms with Gasteiger partial charge in [-0.1, -0.05) is 48.0 Å². The molecule has 5 heteroatoms. The summed E-state index contributed by atoms with van der Waals surface area (Å²) in [6.45, 7) is 6.56. The second-order valence-corrected chi connectivity index (χ2v) is 11.8. The van der Waals surface area contributed by atoms with Gasteiger partial charge in [0.1, 0.15) is 0 Å². The van der Waals surface area contributed by atoms with Crippen LogP contribution in [-0.2, 0) is 50.0 Å². The van der Waals surface area contributed by atoms with Gasteiger partial charge < -0.3 is 17.6 Å². The van der Waals surface area contributed by atoms with E-state index in [4.69, 9.17) is 27.6 Å². The molecule has 0 amide bonds. The number of aryl methyl sites for hydroxylation is 1. The van der Waals surface area contributed by atoms with Crippen LogP contribution in [0, 0.1) is 19.1 Å². The van der Waals surface area contributed by atoms with Crippen LogP contribution in [0.5, 0.6) is 0 Å². The van der Waals surface area contributed by atoms with E-state index in [-0.39, 0.29) is 20.1 Å². The monoisotopic (exact) mass is 767 g/mol. The molecule has 3 aromatic carbocycles. The fourth-order valence-corrected chi connectivity index (χ4v) is 6.18. The van der Waals surface area contributed by atoms with Gasteiger partial charge in [0.15, 0.2) is 0 Å². The first-order chi connectivity index (χ1) is 20.9. The predicted octanol–water partition coefficient (Wildman–Crippen LogP) is 8.25. The first-order valence-electron chi connectivity index (χ1n) is 14.5. The second kappa shape index (κ2) is 13.3. The number of hydrogen-bond acceptors (Lipinski definition) is 4. The van der Waals surface area contributed by atoms with Crippen LogP contribution < -0.4 is 0 Å². The van der Waals surface area contributed by atoms with Crippen molar-refractivity contribution in [3.05, 3.63) is 179 Å². The Hall–Kier alpha value is -4.02. The van der Waals surface area contributed by atoms with E-state index in [1.165, 1.54) is 0 Å². The van der Waals surface area contributed by atoms with Gasteiger partial charge in [0.2, 0.25) is 0 Å². The van der Waals surface area contributed by atoms with E-state index < -0.39 is 10.8 Å². The van der Waals surface area contributed by atoms with E-state index in [0.29, 0.717) is 6.42 Å². The predicted molar refractivity (Wildman–Crippen MR) is 175 cm³/mol. The first kappa shape index (κ1) is 31.4. The fraction of sp³-hybridized carbons (Fsp3) is 0.154. The molecule has 2 unspecified atom stereocenters. The Morgan fingerprint density at radius 1 is 0.705 bits per heavy atom. The largest absolute Gasteiger partial charge is 3.00 e. The van der Waals surface area contributed by atoms with E-state index >= 15 is 0 Å². The average molecular weight is 767 g/mol. The molecule has 2 atom stereocenters. The summed E-state index contributed by atoms with van der Waals surface area (Å²) < 4.78 is 0. The quantitative estimate of drug-likeness (QED) is 0.116. The number of rotatable bonds is 8. The third-order valence-corrected chi connectivity index (χ3v) is 8.64. The maximum Gasteiger partial charge on any atom is 3.00 e. The smallest absolute Gasteiger partial charge is 0.779 e. The Kier molecular flexibility index (Phi) is 9.50. The summed E-state index contributed by atoms with van der Waals surface area (Å²) in [5.74, 6) is 0. The molecule has 0 radical (unpaired) electrons. The minimum Gasteiger partial charge on any atom is -0.779 e. The fourth-order valence-electron chi connectivity index (χ4n) is 5.83. The van der Waals surface area contributed by atoms with Crippen molar-refractivity contribution in [3.8, 4) is 11.3 Å². The molecule has 6 rings (SSSR count). The summed E-state index contributed by atoms with van der Waals surface area (Å²) in [5, 5.41) is 0. The topological polar surface area (TPSA) is 38.7 Å². The maximum absolute atomic E-state index is 5.90. The molecule has 0 bridgehead atoms. The van der Waals surface area contributed by atoms with Crippen LogP contribution in [0.4, 0.5) is 0 Å². The van der Waals surface area contributed by atoms with E-state index in [2.05, 4.69) is 75.4 Å². The van der Waals surface area contributed by atoms with Crippen molar-refractivity contribution >= 4 is 12.6 Å². The Bertz CT molecular complexity index is 1850. The van der Waals surface area contributed by atoms with Crippen LogP contribution in [-0.4, -0.2) is 15.0 Å². The molecule has 3 heterocycles. The van der Waals surface area contributed by atoms with Gasteiger partial charge in [-0.05, 0) is 62.4 Å². The molecule has 0 N–H and O–H groups in total. The molecular weight excluding hydrogens is 735 g/mol. The van der Waals surface area contributed by atoms with Crippen molar-refractivity contribution in [2.24, 2.45) is 0 Å². The van der Waals surface area contributed by atoms with Crippen molar-refractivity contribution in [1.82, 2.24) is 15.0 Å². The van der Waals surface area contributed by atoms with E-state index in [0.717, 1.165) is 55.6 Å². The summed E-state index contributed by atoms with van der Waals surface area (Å²) in [6, 6.07) is 47.6. The van der Waals surface area contributed by atoms with Gasteiger partial charge in [0.25, 0.3) is 0 Å². The third-order valence-electron chi connectivity index (χ3n) is 8.28. The number of benzene rings is 3. The zero-order valence-electron chi connectivity index (χ0n) is 24.9. The molecule has 0 saturated heterocycles. The van der Waals surface area contributed by atoms with Gasteiger partial charge in [-0.2, -0.15) is 35.2 Å². The Morgan fingerprint density at radius 2 is 1.43 bits per heavy atom. The van der Waals surface area contributed by atoms with Crippen LogP contribution in [0.2, 0.25) is 0 Å². The third kappa shape index (κ3) is 6.14. The SMILES string of the molecule is Cc1cc(C(C)(Cc2ccccn2)c2cccc(-c3[c-]cccc3)n2)nc(C(C)(c2[c-]cccc2)c2ccccc2[S-])c1.[Ir+3]. The molecule has 0 aliphatic carbocycles. The van der Waals surface area contributed by atoms with Gasteiger partial charge in [-0.25, -0.2) is 0 Å². The first-order valence-corrected chi connectivity index (χ1v) is 14.9. The number of pyridine rings is 3. The van der Waals surface area contributed by atoms with Crippen molar-refractivity contribution in [1.29, 1.82) is 0 Å². The average Bonchev–Trinajstić information content (AvgIpc) is 3.05. The van der Waals surface area contributed by atoms with Crippen molar-refractivity contribution in [2.45, 2.75) is 42.9 Å². The molecule has 3 aromatic heterocycles. The summed E-state index contributed by atoms with van der Waals surface area (Å²) >= 11 is 5.90. The Balaban J connectivity index is 0.00000384. The summed E-state index contributed by atoms with van der Waals surface area (Å²) in [4.78, 5) is 16.2. The van der Waals surface area contributed by atoms with E-state index in [1.54, 1.807) is 0 Å². The zero-order chi connectivity index (χ0) is 29.9. The normalized spacial score (nSPS) is 13.7. The molecule has 218 valence electrons. The van der Waals surface area contributed by atoms with Gasteiger partial charge in [-0.15, -0.1) is 41.5 Å². The zero-order valence-corrected chi connectivity index (χ0v) is 28.1. The molecule has 0 saturated carbocycles. The van der Waals surface area contributed by atoms with Crippen LogP contribution >= 0.6 is 0 Å². The minimum absolute atomic E-state index is 0. The van der Waals surface area contributed by atoms with Crippen LogP contribution in [0.15, 0.2) is 132 Å². The molecule has 3 nitrogen and oxygen atoms in total. The molecule has 6 aromatic rings. The van der Waals surface area contributed by atoms with Crippen LogP contribution in [0.3, 0.4) is 0 Å². The number of nitrogens with zero attached hydrogens (tertiary/aromatic N) is 3. The number of aromatic nitrogens is 3. The van der Waals surface area contributed by atoms with Crippen molar-refractivity contribution < 1.29 is 20.1 Å². The summed E-state index contributed by atoms with van der Waals surface area (Å²) in [7, 11) is 0. The number of hydrogen-bond donors (Lipinski definition) is 0. The summed E-state index contributed by atoms with van der Waals surface area (Å²) in [5.41, 5.74) is 7.53. The minimum atomic E-state index is -0.624. The Labute approximate surface area is 279 Å². The second-order valence-electron chi connectivity index (χ2n) is 11.3. The summed E-state index contributed by atoms with van der Waals surface area (Å²) in [6.07, 6.45) is 2.47. The van der Waals surface area contributed by atoms with Gasteiger partial charge in [0.05, 0.1) is 16.8 Å². The maximum atomic E-state index is 5.90. The van der Waals surface area contributed by atoms with Crippen LogP contribution in [0.25, 0.3) is 11.3 Å². The molecule has 0 spiro atoms. The van der Waals surface area contributed by atoms with Gasteiger partial charge in [0, 0.05) is 29.4 Å². The van der Waals surface area contributed by atoms with Crippen LogP contribution in [0.1, 0.15) is 53.3 Å². The molecular formula is C39H32IrN3S. The van der Waals surface area contributed by atoms with Gasteiger partial charge >= 0.3 is 20.1 Å². The van der Waals surface area contributed by atoms with E-state index in [1.807, 2.05) is 85.1 Å². The van der Waals surface area contributed by atoms with Crippen molar-refractivity contribution in [2.75, 3.05) is 0 Å². The molecule has 0 aliphatic heterocycles. The van der Waals surface area contributed by atoms with E-state index in [9.17, 15) is 0 Å². The molecule has 44 heavy (non-hydrogen) atoms. The molecule has 0 aliphatic rings. The Morgan fingerprint density at radius 3 is 2.14 bits per heavy atom. The standard InChI is InChI=1S/C39H33N3S.Ir/c1-28-25-36(42-37(26-28)39(3,30-17-8-5-9-18-30)32-20-10-11-22-34(32)43)38(2,27-31-19-12-13-24-40-31)35-23-14-21-33(41-35)29-15-6-4-7-16-29;/h4-15,17,19-26,43H,27H2,1-3H3;/q-2;+3/p-1. The molecule has 0 fully saturated rings.